The van der Waals surface area contributed by atoms with Gasteiger partial charge in [-0.05, 0) is 39.2 Å². The maximum absolute atomic E-state index is 14.4. The fourth-order valence-corrected chi connectivity index (χ4v) is 2.81. The van der Waals surface area contributed by atoms with E-state index in [4.69, 9.17) is 9.47 Å². The lowest BCUT2D eigenvalue weighted by atomic mass is 9.91. The lowest BCUT2D eigenvalue weighted by Gasteiger charge is -2.36. The van der Waals surface area contributed by atoms with Gasteiger partial charge in [-0.1, -0.05) is 30.3 Å². The Balaban J connectivity index is 1.77. The molecule has 1 aliphatic heterocycles. The summed E-state index contributed by atoms with van der Waals surface area (Å²) < 4.78 is 39.2. The molecule has 0 aromatic heterocycles. The summed E-state index contributed by atoms with van der Waals surface area (Å²) in [6, 6.07) is 9.26. The van der Waals surface area contributed by atoms with Crippen LogP contribution in [0.15, 0.2) is 30.3 Å². The van der Waals surface area contributed by atoms with Crippen LogP contribution in [0.25, 0.3) is 0 Å². The summed E-state index contributed by atoms with van der Waals surface area (Å²) in [6.45, 7) is 5.51. The third-order valence-electron chi connectivity index (χ3n) is 4.15. The second kappa shape index (κ2) is 8.13. The molecule has 0 atom stereocenters. The molecule has 25 heavy (non-hydrogen) atoms. The molecule has 0 saturated carbocycles. The molecule has 2 rings (SSSR count). The Labute approximate surface area is 148 Å². The normalized spacial score (nSPS) is 16.8. The van der Waals surface area contributed by atoms with Gasteiger partial charge in [-0.25, -0.2) is 13.6 Å². The predicted octanol–water partition coefficient (Wildman–Crippen LogP) is 4.49. The van der Waals surface area contributed by atoms with Crippen LogP contribution in [0, 0.1) is 5.92 Å². The minimum atomic E-state index is -2.89. The topological polar surface area (TPSA) is 38.8 Å². The molecule has 1 aromatic rings. The quantitative estimate of drug-likeness (QED) is 0.781. The van der Waals surface area contributed by atoms with E-state index in [1.165, 1.54) is 4.90 Å². The molecule has 0 unspecified atom stereocenters. The largest absolute Gasteiger partial charge is 0.444 e. The Morgan fingerprint density at radius 3 is 2.32 bits per heavy atom. The zero-order valence-corrected chi connectivity index (χ0v) is 15.1. The van der Waals surface area contributed by atoms with Gasteiger partial charge in [0, 0.05) is 19.0 Å². The minimum absolute atomic E-state index is 0.174. The number of likely N-dealkylation sites (tertiary alicyclic amines) is 1. The van der Waals surface area contributed by atoms with E-state index >= 15 is 0 Å². The first kappa shape index (κ1) is 19.6. The van der Waals surface area contributed by atoms with E-state index in [1.54, 1.807) is 20.8 Å². The number of carbonyl (C=O) groups is 1. The van der Waals surface area contributed by atoms with Gasteiger partial charge >= 0.3 is 6.09 Å². The van der Waals surface area contributed by atoms with Crippen molar-refractivity contribution in [2.45, 2.75) is 51.7 Å². The number of carbonyl (C=O) groups excluding carboxylic acids is 1. The van der Waals surface area contributed by atoms with Gasteiger partial charge in [-0.2, -0.15) is 0 Å². The number of ether oxygens (including phenoxy) is 2. The molecule has 0 spiro atoms. The summed E-state index contributed by atoms with van der Waals surface area (Å²) in [5.74, 6) is -3.67. The molecule has 1 fully saturated rings. The van der Waals surface area contributed by atoms with Gasteiger partial charge in [0.1, 0.15) is 12.2 Å². The first-order chi connectivity index (χ1) is 11.7. The minimum Gasteiger partial charge on any atom is -0.444 e. The van der Waals surface area contributed by atoms with Crippen molar-refractivity contribution < 1.29 is 23.0 Å². The predicted molar refractivity (Wildman–Crippen MR) is 91.6 cm³/mol. The van der Waals surface area contributed by atoms with E-state index in [0.29, 0.717) is 0 Å². The Bertz CT molecular complexity index is 550. The van der Waals surface area contributed by atoms with E-state index in [-0.39, 0.29) is 32.5 Å². The van der Waals surface area contributed by atoms with Crippen molar-refractivity contribution in [3.05, 3.63) is 35.9 Å². The average Bonchev–Trinajstić information content (AvgIpc) is 2.54. The second-order valence-corrected chi connectivity index (χ2v) is 7.48. The van der Waals surface area contributed by atoms with Crippen LogP contribution in [-0.2, 0) is 16.1 Å². The molecule has 140 valence electrons. The second-order valence-electron chi connectivity index (χ2n) is 7.48. The molecular weight excluding hydrogens is 328 g/mol. The highest BCUT2D eigenvalue weighted by molar-refractivity contribution is 5.68. The van der Waals surface area contributed by atoms with Crippen LogP contribution < -0.4 is 0 Å². The van der Waals surface area contributed by atoms with Gasteiger partial charge in [0.05, 0.1) is 6.61 Å². The molecule has 0 N–H and O–H groups in total. The number of halogens is 2. The van der Waals surface area contributed by atoms with E-state index in [0.717, 1.165) is 5.56 Å². The first-order valence-corrected chi connectivity index (χ1v) is 8.65. The Hall–Kier alpha value is -1.69. The Morgan fingerprint density at radius 2 is 1.76 bits per heavy atom. The van der Waals surface area contributed by atoms with Crippen molar-refractivity contribution in [3.8, 4) is 0 Å². The summed E-state index contributed by atoms with van der Waals surface area (Å²) in [5, 5.41) is 0. The lowest BCUT2D eigenvalue weighted by molar-refractivity contribution is -0.132. The summed E-state index contributed by atoms with van der Waals surface area (Å²) in [7, 11) is 0. The number of piperidine rings is 1. The fourth-order valence-electron chi connectivity index (χ4n) is 2.81. The van der Waals surface area contributed by atoms with Crippen molar-refractivity contribution in [1.29, 1.82) is 0 Å². The van der Waals surface area contributed by atoms with Crippen LogP contribution in [0.3, 0.4) is 0 Å². The molecule has 4 nitrogen and oxygen atoms in total. The van der Waals surface area contributed by atoms with Gasteiger partial charge in [-0.3, -0.25) is 0 Å². The average molecular weight is 355 g/mol. The Kier molecular flexibility index (Phi) is 6.38. The first-order valence-electron chi connectivity index (χ1n) is 8.65. The van der Waals surface area contributed by atoms with Crippen molar-refractivity contribution >= 4 is 6.09 Å². The highest BCUT2D eigenvalue weighted by atomic mass is 19.3. The standard InChI is InChI=1S/C19H27F2NO3/c1-18(2,3)25-17(23)22-11-9-16(10-12-22)19(20,21)14-24-13-15-7-5-4-6-8-15/h4-8,16H,9-14H2,1-3H3. The third-order valence-corrected chi connectivity index (χ3v) is 4.15. The van der Waals surface area contributed by atoms with Crippen molar-refractivity contribution in [1.82, 2.24) is 4.90 Å². The molecule has 1 aromatic carbocycles. The highest BCUT2D eigenvalue weighted by Crippen LogP contribution is 2.34. The van der Waals surface area contributed by atoms with Crippen LogP contribution in [0.1, 0.15) is 39.2 Å². The van der Waals surface area contributed by atoms with Crippen molar-refractivity contribution in [2.75, 3.05) is 19.7 Å². The summed E-state index contributed by atoms with van der Waals surface area (Å²) >= 11 is 0. The van der Waals surface area contributed by atoms with Crippen LogP contribution in [0.4, 0.5) is 13.6 Å². The zero-order chi connectivity index (χ0) is 18.5. The molecule has 0 aliphatic carbocycles. The van der Waals surface area contributed by atoms with Gasteiger partial charge in [-0.15, -0.1) is 0 Å². The third kappa shape index (κ3) is 6.27. The van der Waals surface area contributed by atoms with Gasteiger partial charge in [0.25, 0.3) is 5.92 Å². The highest BCUT2D eigenvalue weighted by Gasteiger charge is 2.42. The molecule has 0 bridgehead atoms. The van der Waals surface area contributed by atoms with E-state index < -0.39 is 30.1 Å². The number of alkyl halides is 2. The van der Waals surface area contributed by atoms with E-state index in [2.05, 4.69) is 0 Å². The Morgan fingerprint density at radius 1 is 1.16 bits per heavy atom. The zero-order valence-electron chi connectivity index (χ0n) is 15.1. The van der Waals surface area contributed by atoms with Crippen LogP contribution in [0.2, 0.25) is 0 Å². The number of hydrogen-bond acceptors (Lipinski definition) is 3. The van der Waals surface area contributed by atoms with E-state index in [1.807, 2.05) is 30.3 Å². The smallest absolute Gasteiger partial charge is 0.410 e. The lowest BCUT2D eigenvalue weighted by Crippen LogP contribution is -2.46. The number of hydrogen-bond donors (Lipinski definition) is 0. The molecule has 1 saturated heterocycles. The molecule has 1 amide bonds. The van der Waals surface area contributed by atoms with Crippen LogP contribution in [0.5, 0.6) is 0 Å². The SMILES string of the molecule is CC(C)(C)OC(=O)N1CCC(C(F)(F)COCc2ccccc2)CC1. The molecule has 6 heteroatoms. The van der Waals surface area contributed by atoms with Crippen LogP contribution >= 0.6 is 0 Å². The monoisotopic (exact) mass is 355 g/mol. The van der Waals surface area contributed by atoms with Gasteiger partial charge in [0.2, 0.25) is 0 Å². The number of amides is 1. The van der Waals surface area contributed by atoms with Crippen molar-refractivity contribution in [2.24, 2.45) is 5.92 Å². The summed E-state index contributed by atoms with van der Waals surface area (Å²) in [5.41, 5.74) is 0.293. The van der Waals surface area contributed by atoms with E-state index in [9.17, 15) is 13.6 Å². The molecule has 1 heterocycles. The number of nitrogens with zero attached hydrogens (tertiary/aromatic N) is 1. The molecule has 1 aliphatic rings. The summed E-state index contributed by atoms with van der Waals surface area (Å²) in [4.78, 5) is 13.5. The fraction of sp³-hybridized carbons (Fsp3) is 0.632. The molecule has 0 radical (unpaired) electrons. The van der Waals surface area contributed by atoms with Gasteiger partial charge < -0.3 is 14.4 Å². The number of rotatable bonds is 5. The summed E-state index contributed by atoms with van der Waals surface area (Å²) in [6.07, 6.45) is 0.0663. The molecular formula is C19H27F2NO3. The maximum atomic E-state index is 14.4. The number of benzene rings is 1. The maximum Gasteiger partial charge on any atom is 0.410 e. The van der Waals surface area contributed by atoms with Crippen molar-refractivity contribution in [3.63, 3.8) is 0 Å². The van der Waals surface area contributed by atoms with Crippen LogP contribution in [-0.4, -0.2) is 42.2 Å². The van der Waals surface area contributed by atoms with Gasteiger partial charge in [0.15, 0.2) is 0 Å².